The van der Waals surface area contributed by atoms with Gasteiger partial charge < -0.3 is 9.42 Å². The second-order valence-electron chi connectivity index (χ2n) is 7.50. The number of hydrogen-bond acceptors (Lipinski definition) is 6. The second-order valence-corrected chi connectivity index (χ2v) is 9.22. The summed E-state index contributed by atoms with van der Waals surface area (Å²) in [6, 6.07) is 8.46. The smallest absolute Gasteiger partial charge is 0.266 e. The number of anilines is 1. The first-order valence-corrected chi connectivity index (χ1v) is 11.2. The second kappa shape index (κ2) is 7.59. The molecule has 1 aliphatic heterocycles. The molecule has 2 atom stereocenters. The monoisotopic (exact) mass is 390 g/mol. The van der Waals surface area contributed by atoms with Gasteiger partial charge in [-0.25, -0.2) is 13.1 Å². The maximum atomic E-state index is 12.7. The molecule has 1 aromatic carbocycles. The summed E-state index contributed by atoms with van der Waals surface area (Å²) >= 11 is 0. The van der Waals surface area contributed by atoms with Crippen LogP contribution in [0.4, 0.5) is 5.95 Å². The van der Waals surface area contributed by atoms with Crippen molar-refractivity contribution in [3.05, 3.63) is 36.2 Å². The number of nitrogens with one attached hydrogen (secondary N) is 1. The number of sulfonamides is 1. The highest BCUT2D eigenvalue weighted by Crippen LogP contribution is 2.36. The highest BCUT2D eigenvalue weighted by Gasteiger charge is 2.34. The number of rotatable bonds is 6. The fourth-order valence-electron chi connectivity index (χ4n) is 3.83. The third-order valence-corrected chi connectivity index (χ3v) is 7.29. The number of hydrogen-bond donors (Lipinski definition) is 1. The highest BCUT2D eigenvalue weighted by molar-refractivity contribution is 7.89. The molecule has 1 aliphatic carbocycles. The van der Waals surface area contributed by atoms with E-state index in [1.807, 2.05) is 6.07 Å². The van der Waals surface area contributed by atoms with Gasteiger partial charge in [0, 0.05) is 25.0 Å². The van der Waals surface area contributed by atoms with Gasteiger partial charge in [-0.2, -0.15) is 4.98 Å². The summed E-state index contributed by atoms with van der Waals surface area (Å²) in [5.41, 5.74) is 0. The Morgan fingerprint density at radius 2 is 2.00 bits per heavy atom. The first kappa shape index (κ1) is 18.4. The van der Waals surface area contributed by atoms with E-state index in [0.717, 1.165) is 38.1 Å². The maximum Gasteiger partial charge on any atom is 0.266 e. The molecule has 27 heavy (non-hydrogen) atoms. The van der Waals surface area contributed by atoms with Crippen molar-refractivity contribution in [1.82, 2.24) is 14.9 Å². The average molecular weight is 391 g/mol. The van der Waals surface area contributed by atoms with Crippen LogP contribution in [0, 0.1) is 5.92 Å². The van der Waals surface area contributed by atoms with Gasteiger partial charge in [-0.3, -0.25) is 0 Å². The Labute approximate surface area is 160 Å². The Morgan fingerprint density at radius 1 is 1.22 bits per heavy atom. The number of aromatic nitrogens is 2. The van der Waals surface area contributed by atoms with E-state index in [1.54, 1.807) is 24.3 Å². The molecular formula is C19H26N4O3S. The van der Waals surface area contributed by atoms with Crippen LogP contribution in [0.1, 0.15) is 50.8 Å². The van der Waals surface area contributed by atoms with Crippen LogP contribution in [0.15, 0.2) is 39.8 Å². The molecule has 2 heterocycles. The zero-order valence-corrected chi connectivity index (χ0v) is 16.4. The van der Waals surface area contributed by atoms with E-state index in [9.17, 15) is 8.42 Å². The third kappa shape index (κ3) is 3.87. The highest BCUT2D eigenvalue weighted by atomic mass is 32.2. The minimum atomic E-state index is -3.51. The molecule has 1 aromatic heterocycles. The molecule has 146 valence electrons. The topological polar surface area (TPSA) is 88.3 Å². The summed E-state index contributed by atoms with van der Waals surface area (Å²) in [5, 5.41) is 4.16. The third-order valence-electron chi connectivity index (χ3n) is 5.79. The van der Waals surface area contributed by atoms with E-state index < -0.39 is 10.0 Å². The molecular weight excluding hydrogens is 364 g/mol. The van der Waals surface area contributed by atoms with Gasteiger partial charge in [-0.05, 0) is 42.5 Å². The quantitative estimate of drug-likeness (QED) is 0.816. The molecule has 1 N–H and O–H groups in total. The van der Waals surface area contributed by atoms with Crippen molar-refractivity contribution in [2.45, 2.75) is 55.9 Å². The van der Waals surface area contributed by atoms with Gasteiger partial charge in [-0.15, -0.1) is 0 Å². The van der Waals surface area contributed by atoms with Gasteiger partial charge in [-0.1, -0.05) is 38.0 Å². The van der Waals surface area contributed by atoms with Crippen LogP contribution < -0.4 is 9.62 Å². The molecule has 2 fully saturated rings. The zero-order chi connectivity index (χ0) is 18.9. The van der Waals surface area contributed by atoms with Gasteiger partial charge >= 0.3 is 0 Å². The molecule has 2 aromatic rings. The van der Waals surface area contributed by atoms with Crippen molar-refractivity contribution in [3.63, 3.8) is 0 Å². The molecule has 0 radical (unpaired) electrons. The largest absolute Gasteiger partial charge is 0.338 e. The Hall–Kier alpha value is -1.93. The summed E-state index contributed by atoms with van der Waals surface area (Å²) in [7, 11) is -3.51. The van der Waals surface area contributed by atoms with Gasteiger partial charge in [0.2, 0.25) is 15.9 Å². The molecule has 1 saturated carbocycles. The molecule has 1 saturated heterocycles. The fraction of sp³-hybridized carbons (Fsp3) is 0.579. The first-order valence-electron chi connectivity index (χ1n) is 9.72. The Bertz CT molecular complexity index is 864. The average Bonchev–Trinajstić information content (AvgIpc) is 3.10. The van der Waals surface area contributed by atoms with Crippen molar-refractivity contribution in [2.24, 2.45) is 5.92 Å². The molecule has 8 heteroatoms. The lowest BCUT2D eigenvalue weighted by molar-refractivity contribution is 0.290. The van der Waals surface area contributed by atoms with E-state index in [2.05, 4.69) is 26.7 Å². The van der Waals surface area contributed by atoms with Gasteiger partial charge in [0.05, 0.1) is 4.90 Å². The van der Waals surface area contributed by atoms with Crippen molar-refractivity contribution >= 4 is 16.0 Å². The van der Waals surface area contributed by atoms with Crippen molar-refractivity contribution in [1.29, 1.82) is 0 Å². The number of nitrogens with zero attached hydrogens (tertiary/aromatic N) is 3. The summed E-state index contributed by atoms with van der Waals surface area (Å²) in [4.78, 5) is 7.01. The van der Waals surface area contributed by atoms with E-state index in [-0.39, 0.29) is 12.0 Å². The molecule has 0 spiro atoms. The van der Waals surface area contributed by atoms with Gasteiger partial charge in [0.15, 0.2) is 0 Å². The Kier molecular flexibility index (Phi) is 5.19. The van der Waals surface area contributed by atoms with Gasteiger partial charge in [0.25, 0.3) is 5.95 Å². The predicted molar refractivity (Wildman–Crippen MR) is 102 cm³/mol. The van der Waals surface area contributed by atoms with Gasteiger partial charge in [0.1, 0.15) is 0 Å². The summed E-state index contributed by atoms with van der Waals surface area (Å²) in [6.45, 7) is 3.53. The Morgan fingerprint density at radius 3 is 2.67 bits per heavy atom. The first-order chi connectivity index (χ1) is 13.1. The lowest BCUT2D eigenvalue weighted by Gasteiger charge is -2.37. The van der Waals surface area contributed by atoms with E-state index >= 15 is 0 Å². The lowest BCUT2D eigenvalue weighted by atomic mass is 9.85. The molecule has 7 nitrogen and oxygen atoms in total. The Balaban J connectivity index is 1.43. The van der Waals surface area contributed by atoms with E-state index in [1.165, 1.54) is 6.42 Å². The van der Waals surface area contributed by atoms with Crippen LogP contribution >= 0.6 is 0 Å². The zero-order valence-electron chi connectivity index (χ0n) is 15.5. The molecule has 2 aliphatic rings. The normalized spacial score (nSPS) is 24.0. The minimum Gasteiger partial charge on any atom is -0.338 e. The minimum absolute atomic E-state index is 0.0885. The van der Waals surface area contributed by atoms with Crippen molar-refractivity contribution < 1.29 is 12.9 Å². The van der Waals surface area contributed by atoms with Crippen LogP contribution in [0.25, 0.3) is 0 Å². The molecule has 0 bridgehead atoms. The molecule has 4 rings (SSSR count). The van der Waals surface area contributed by atoms with Crippen LogP contribution in [0.2, 0.25) is 0 Å². The standard InChI is InChI=1S/C19H26N4O3S/c1-2-14-13-23(19-20-18(26-21-19)15-7-6-8-15)12-11-17(14)22-27(24,25)16-9-4-3-5-10-16/h3-5,9-10,14-15,17,22H,2,6-8,11-13H2,1H3/t14-,17+/m1/s1. The fourth-order valence-corrected chi connectivity index (χ4v) is 5.19. The van der Waals surface area contributed by atoms with E-state index in [0.29, 0.717) is 23.3 Å². The van der Waals surface area contributed by atoms with Crippen LogP contribution in [-0.4, -0.2) is 37.7 Å². The summed E-state index contributed by atoms with van der Waals surface area (Å²) < 4.78 is 33.7. The SMILES string of the molecule is CC[C@@H]1CN(c2noc(C3CCC3)n2)CC[C@@H]1NS(=O)(=O)c1ccccc1. The predicted octanol–water partition coefficient (Wildman–Crippen LogP) is 2.92. The number of piperidine rings is 1. The van der Waals surface area contributed by atoms with Crippen molar-refractivity contribution in [2.75, 3.05) is 18.0 Å². The van der Waals surface area contributed by atoms with E-state index in [4.69, 9.17) is 4.52 Å². The van der Waals surface area contributed by atoms with Crippen molar-refractivity contribution in [3.8, 4) is 0 Å². The maximum absolute atomic E-state index is 12.7. The van der Waals surface area contributed by atoms with Crippen LogP contribution in [-0.2, 0) is 10.0 Å². The van der Waals surface area contributed by atoms with Crippen LogP contribution in [0.3, 0.4) is 0 Å². The summed E-state index contributed by atoms with van der Waals surface area (Å²) in [6.07, 6.45) is 5.09. The molecule has 0 amide bonds. The van der Waals surface area contributed by atoms with Crippen LogP contribution in [0.5, 0.6) is 0 Å². The summed E-state index contributed by atoms with van der Waals surface area (Å²) in [5.74, 6) is 2.00. The number of benzene rings is 1. The lowest BCUT2D eigenvalue weighted by Crippen LogP contribution is -2.51. The molecule has 0 unspecified atom stereocenters.